The van der Waals surface area contributed by atoms with Crippen LogP contribution in [0.4, 0.5) is 20.4 Å². The highest BCUT2D eigenvalue weighted by molar-refractivity contribution is 6.58. The van der Waals surface area contributed by atoms with E-state index in [1.807, 2.05) is 109 Å². The first kappa shape index (κ1) is 98.4. The Morgan fingerprint density at radius 3 is 1.42 bits per heavy atom. The lowest BCUT2D eigenvalue weighted by Crippen LogP contribution is -2.47. The van der Waals surface area contributed by atoms with Crippen molar-refractivity contribution in [3.63, 3.8) is 0 Å². The smallest absolute Gasteiger partial charge is 0.488 e. The van der Waals surface area contributed by atoms with Crippen molar-refractivity contribution in [3.8, 4) is 28.7 Å². The maximum Gasteiger partial charge on any atom is 0.488 e. The molecule has 7 aromatic rings. The lowest BCUT2D eigenvalue weighted by atomic mass is 9.80. The van der Waals surface area contributed by atoms with Crippen LogP contribution in [0.1, 0.15) is 133 Å². The third kappa shape index (κ3) is 34.5. The largest absolute Gasteiger partial charge is 0.491 e. The number of aromatic nitrogens is 2. The molecule has 7 aliphatic rings. The molecule has 31 heteroatoms. The van der Waals surface area contributed by atoms with E-state index >= 15 is 8.78 Å². The predicted molar refractivity (Wildman–Crippen MR) is 468 cm³/mol. The molecule has 28 nitrogen and oxygen atoms in total. The number of benzene rings is 5. The van der Waals surface area contributed by atoms with Gasteiger partial charge < -0.3 is 97.0 Å². The number of nitrogens with zero attached hydrogens (tertiary/aromatic N) is 4. The molecule has 7 aliphatic heterocycles. The molecular weight excluding hydrogens is 1610 g/mol. The van der Waals surface area contributed by atoms with E-state index in [0.717, 1.165) is 95.5 Å². The van der Waals surface area contributed by atoms with Crippen LogP contribution in [0, 0.1) is 0 Å². The van der Waals surface area contributed by atoms with Gasteiger partial charge in [-0.25, -0.2) is 23.5 Å². The number of aliphatic carboxylic acids is 2. The van der Waals surface area contributed by atoms with Gasteiger partial charge in [0.25, 0.3) is 0 Å². The Balaban J connectivity index is 0.000000182. The van der Waals surface area contributed by atoms with Crippen molar-refractivity contribution in [2.45, 2.75) is 125 Å². The van der Waals surface area contributed by atoms with Crippen LogP contribution in [0.5, 0.6) is 28.7 Å². The number of carboxylic acid groups (broad SMARTS) is 2. The molecule has 0 bridgehead atoms. The van der Waals surface area contributed by atoms with Crippen molar-refractivity contribution < 1.29 is 119 Å². The van der Waals surface area contributed by atoms with E-state index < -0.39 is 30.4 Å². The summed E-state index contributed by atoms with van der Waals surface area (Å²) in [5.74, 6) is 3.14. The molecule has 4 fully saturated rings. The van der Waals surface area contributed by atoms with Gasteiger partial charge in [-0.15, -0.1) is 0 Å². The zero-order valence-corrected chi connectivity index (χ0v) is 72.8. The molecule has 3 unspecified atom stereocenters. The number of nitrogens with one attached hydrogen (secondary N) is 2. The van der Waals surface area contributed by atoms with Crippen LogP contribution in [0.25, 0.3) is 0 Å². The summed E-state index contributed by atoms with van der Waals surface area (Å²) < 4.78 is 99.0. The Kier molecular flexibility index (Phi) is 40.9. The average Bonchev–Trinajstić information content (AvgIpc) is 1.81. The van der Waals surface area contributed by atoms with Crippen LogP contribution >= 0.6 is 0 Å². The van der Waals surface area contributed by atoms with Crippen molar-refractivity contribution >= 4 is 54.1 Å². The number of ether oxygens (including phenoxy) is 13. The van der Waals surface area contributed by atoms with Crippen molar-refractivity contribution in [2.24, 2.45) is 0 Å². The minimum Gasteiger partial charge on any atom is -0.491 e. The first-order valence-corrected chi connectivity index (χ1v) is 42.9. The number of fused-ring (bicyclic) bond motifs is 2. The molecule has 0 saturated carbocycles. The number of aryl methyl sites for hydroxylation is 4. The number of carbonyl (C=O) groups is 5. The number of likely N-dealkylation sites (N-methyl/N-ethyl adjacent to an activating group) is 1. The summed E-state index contributed by atoms with van der Waals surface area (Å²) in [6.07, 6.45) is 11.3. The van der Waals surface area contributed by atoms with Crippen LogP contribution in [-0.4, -0.2) is 269 Å². The van der Waals surface area contributed by atoms with Crippen LogP contribution in [0.15, 0.2) is 158 Å². The standard InChI is InChI=1S/C28H38FN3O4.C27H36FN3O4.2C13H16O4.C9H13BO4.C4H4O2/c1-32(19-23(18-26(33)34)22-5-3-7-25(17-22)36-16-15-35-2)14-12-28(29,20-32)11-10-24-9-8-21-6-4-13-30-27(21)31-24;1-34-14-15-35-24-6-2-4-21(16-24)22(17-25(32)33)18-31-13-11-27(28,19-31)10-9-23-8-7-20-5-3-12-29-26(20)30-23;2*1-15-5-6-16-12-4-2-3-10(7-12)11-8-13(14)17-9-11;1-13-5-6-14-9-4-2-3-8(7-9)10(11)12;5-4-2-1-3-6-4/h3,5,7-9,17,23H,4,6,10-16,18-20H2,1-2H3,(H-,30,31,33,34);2,4,6-8,16,22H,3,5,9-15,17-19H2,1H3,(H,29,30)(H,32,33);2*2-4,7,11H,5-6,8-9H2,1H3;2-4,7,11-12H,5-6H2,1H3;1-2H,3H2/p+1/t23?,28-,32?;22?,27-;2*11-;;/m0010../s1. The quantitative estimate of drug-likeness (QED) is 0.00685. The van der Waals surface area contributed by atoms with Gasteiger partial charge in [0.05, 0.1) is 92.1 Å². The normalized spacial score (nSPS) is 19.9. The zero-order chi connectivity index (χ0) is 89.2. The number of cyclic esters (lactones) is 3. The topological polar surface area (TPSA) is 339 Å². The highest BCUT2D eigenvalue weighted by atomic mass is 19.1. The minimum absolute atomic E-state index is 0.000690. The number of rotatable bonds is 39. The fourth-order valence-corrected chi connectivity index (χ4v) is 15.7. The first-order chi connectivity index (χ1) is 60.4. The Labute approximate surface area is 732 Å². The maximum absolute atomic E-state index is 16.0. The van der Waals surface area contributed by atoms with Gasteiger partial charge in [-0.1, -0.05) is 72.8 Å². The van der Waals surface area contributed by atoms with Crippen LogP contribution in [-0.2, 0) is 87.6 Å². The van der Waals surface area contributed by atoms with Gasteiger partial charge >= 0.3 is 37.0 Å². The van der Waals surface area contributed by atoms with E-state index in [0.29, 0.717) is 204 Å². The number of carbonyl (C=O) groups excluding carboxylic acids is 3. The van der Waals surface area contributed by atoms with E-state index in [1.165, 1.54) is 17.2 Å². The maximum atomic E-state index is 16.0. The predicted octanol–water partition coefficient (Wildman–Crippen LogP) is 11.3. The summed E-state index contributed by atoms with van der Waals surface area (Å²) in [7, 11) is 8.70. The third-order valence-electron chi connectivity index (χ3n) is 22.2. The van der Waals surface area contributed by atoms with Gasteiger partial charge in [0.1, 0.15) is 92.2 Å². The summed E-state index contributed by atoms with van der Waals surface area (Å²) in [6, 6.07) is 45.6. The number of alkyl halides is 2. The second-order valence-electron chi connectivity index (χ2n) is 32.1. The number of hydrogen-bond donors (Lipinski definition) is 6. The third-order valence-corrected chi connectivity index (χ3v) is 22.2. The van der Waals surface area contributed by atoms with Gasteiger partial charge in [-0.05, 0) is 176 Å². The summed E-state index contributed by atoms with van der Waals surface area (Å²) in [5.41, 5.74) is 6.15. The average molecular weight is 1740 g/mol. The number of pyridine rings is 2. The summed E-state index contributed by atoms with van der Waals surface area (Å²) in [4.78, 5) is 66.8. The van der Waals surface area contributed by atoms with Crippen molar-refractivity contribution in [2.75, 3.05) is 191 Å². The van der Waals surface area contributed by atoms with E-state index in [2.05, 4.69) is 39.5 Å². The molecule has 2 aromatic heterocycles. The second kappa shape index (κ2) is 51.9. The molecule has 9 heterocycles. The van der Waals surface area contributed by atoms with Crippen LogP contribution < -0.4 is 39.8 Å². The molecule has 14 rings (SSSR count). The monoisotopic (exact) mass is 1740 g/mol. The number of anilines is 2. The molecule has 125 heavy (non-hydrogen) atoms. The molecule has 4 saturated heterocycles. The summed E-state index contributed by atoms with van der Waals surface area (Å²) in [5, 5.41) is 43.6. The summed E-state index contributed by atoms with van der Waals surface area (Å²) in [6.45, 7) is 11.3. The van der Waals surface area contributed by atoms with Crippen LogP contribution in [0.3, 0.4) is 0 Å². The van der Waals surface area contributed by atoms with E-state index in [9.17, 15) is 34.2 Å². The minimum atomic E-state index is -1.46. The van der Waals surface area contributed by atoms with Gasteiger partial charge in [-0.2, -0.15) is 0 Å². The number of halogens is 2. The second-order valence-corrected chi connectivity index (χ2v) is 32.1. The van der Waals surface area contributed by atoms with Crippen LogP contribution in [0.2, 0.25) is 0 Å². The number of carboxylic acids is 2. The lowest BCUT2D eigenvalue weighted by Gasteiger charge is -2.34. The van der Waals surface area contributed by atoms with E-state index in [4.69, 9.17) is 76.9 Å². The fourth-order valence-electron chi connectivity index (χ4n) is 15.7. The number of quaternary nitrogens is 1. The first-order valence-electron chi connectivity index (χ1n) is 42.9. The molecule has 0 amide bonds. The van der Waals surface area contributed by atoms with E-state index in [-0.39, 0.29) is 54.4 Å². The molecule has 0 spiro atoms. The Hall–Kier alpha value is -10.3. The van der Waals surface area contributed by atoms with Gasteiger partial charge in [-0.3, -0.25) is 24.1 Å². The lowest BCUT2D eigenvalue weighted by molar-refractivity contribution is -0.901. The van der Waals surface area contributed by atoms with Gasteiger partial charge in [0.15, 0.2) is 5.67 Å². The number of likely N-dealkylation sites (tertiary alicyclic amines) is 2. The SMILES string of the molecule is COCCOc1cccc(B(O)O)c1.COCCOc1cccc(C(CC(=O)O)CN2CC[C@@](F)(CCc3ccc4c(n3)NCCC4)C2)c1.COCCOc1cccc(C(CC(=O)O)C[N+]2(C)CC[C@@](F)(CCc3ccc4c(n3)NCCC4)C2)c1.COCCOc1cccc([C@@H]2COC(=O)C2)c1.COCCOc1cccc([C@H]2COC(=O)C2)c1.O=C1C=CCO1. The molecule has 5 aromatic carbocycles. The molecule has 7 atom stereocenters. The Bertz CT molecular complexity index is 4460. The van der Waals surface area contributed by atoms with E-state index in [1.54, 1.807) is 65.9 Å². The van der Waals surface area contributed by atoms with Gasteiger partial charge in [0.2, 0.25) is 0 Å². The van der Waals surface area contributed by atoms with Gasteiger partial charge in [0, 0.05) is 116 Å². The Morgan fingerprint density at radius 2 is 0.992 bits per heavy atom. The highest BCUT2D eigenvalue weighted by Crippen LogP contribution is 2.39. The number of hydrogen-bond acceptors (Lipinski definition) is 25. The Morgan fingerprint density at radius 1 is 0.552 bits per heavy atom. The number of esters is 3. The number of methoxy groups -OCH3 is 5. The molecule has 6 N–H and O–H groups in total. The molecule has 0 radical (unpaired) electrons. The molecule has 678 valence electrons. The fraction of sp³-hybridized carbons (Fsp3) is 0.500. The van der Waals surface area contributed by atoms with Crippen molar-refractivity contribution in [3.05, 3.63) is 203 Å². The molecular formula is C94H124BF2N6O22+. The zero-order valence-electron chi connectivity index (χ0n) is 72.8. The summed E-state index contributed by atoms with van der Waals surface area (Å²) >= 11 is 0. The van der Waals surface area contributed by atoms with Crippen molar-refractivity contribution in [1.82, 2.24) is 14.9 Å². The highest BCUT2D eigenvalue weighted by Gasteiger charge is 2.48. The van der Waals surface area contributed by atoms with Crippen molar-refractivity contribution in [1.29, 1.82) is 0 Å². The molecule has 0 aliphatic carbocycles.